The molecule has 0 radical (unpaired) electrons. The van der Waals surface area contributed by atoms with Crippen molar-refractivity contribution < 1.29 is 23.6 Å². The molecule has 2 rings (SSSR count). The van der Waals surface area contributed by atoms with Crippen molar-refractivity contribution in [3.05, 3.63) is 47.8 Å². The van der Waals surface area contributed by atoms with Crippen molar-refractivity contribution in [2.45, 2.75) is 0 Å². The van der Waals surface area contributed by atoms with Crippen LogP contribution in [0.1, 0.15) is 0 Å². The standard InChI is InChI=1S/C10H7OS.Li/c1-2-5-9(6-3-1)11-10-7-4-8-12-10;/h1-5,7-8H;/q-1;+1. The molecule has 13 heavy (non-hydrogen) atoms. The molecular weight excluding hydrogens is 175 g/mol. The second kappa shape index (κ2) is 5.13. The van der Waals surface area contributed by atoms with Gasteiger partial charge in [-0.05, 0) is 17.5 Å². The molecule has 0 aliphatic carbocycles. The molecule has 0 bridgehead atoms. The van der Waals surface area contributed by atoms with Crippen LogP contribution >= 0.6 is 11.3 Å². The van der Waals surface area contributed by atoms with Crippen LogP contribution in [0.15, 0.2) is 41.8 Å². The largest absolute Gasteiger partial charge is 1.00 e. The van der Waals surface area contributed by atoms with E-state index in [-0.39, 0.29) is 18.9 Å². The fraction of sp³-hybridized carbons (Fsp3) is 0. The van der Waals surface area contributed by atoms with E-state index >= 15 is 0 Å². The Hall–Kier alpha value is -0.683. The van der Waals surface area contributed by atoms with Gasteiger partial charge < -0.3 is 4.74 Å². The Balaban J connectivity index is 0.000000845. The summed E-state index contributed by atoms with van der Waals surface area (Å²) in [6, 6.07) is 14.5. The Labute approximate surface area is 93.5 Å². The first kappa shape index (κ1) is 10.4. The first-order chi connectivity index (χ1) is 5.95. The zero-order chi connectivity index (χ0) is 8.23. The van der Waals surface area contributed by atoms with Gasteiger partial charge in [-0.1, -0.05) is 0 Å². The molecule has 0 amide bonds. The van der Waals surface area contributed by atoms with Gasteiger partial charge in [-0.25, -0.2) is 0 Å². The maximum Gasteiger partial charge on any atom is 1.00 e. The predicted molar refractivity (Wildman–Crippen MR) is 49.7 cm³/mol. The topological polar surface area (TPSA) is 9.23 Å². The molecule has 0 aliphatic rings. The van der Waals surface area contributed by atoms with E-state index < -0.39 is 0 Å². The van der Waals surface area contributed by atoms with Gasteiger partial charge in [0.2, 0.25) is 0 Å². The first-order valence-corrected chi connectivity index (χ1v) is 4.51. The molecule has 1 nitrogen and oxygen atoms in total. The summed E-state index contributed by atoms with van der Waals surface area (Å²) in [6.07, 6.45) is 0. The van der Waals surface area contributed by atoms with Crippen molar-refractivity contribution >= 4 is 11.3 Å². The van der Waals surface area contributed by atoms with Crippen LogP contribution in [0.5, 0.6) is 10.8 Å². The third kappa shape index (κ3) is 2.93. The minimum Gasteiger partial charge on any atom is -0.473 e. The normalized spacial score (nSPS) is 8.92. The van der Waals surface area contributed by atoms with Crippen LogP contribution in [0.2, 0.25) is 0 Å². The molecule has 2 aromatic rings. The third-order valence-electron chi connectivity index (χ3n) is 1.39. The molecule has 3 heteroatoms. The zero-order valence-corrected chi connectivity index (χ0v) is 8.17. The summed E-state index contributed by atoms with van der Waals surface area (Å²) in [5, 5.41) is 2.88. The van der Waals surface area contributed by atoms with E-state index in [1.54, 1.807) is 11.3 Å². The van der Waals surface area contributed by atoms with Crippen LogP contribution in [-0.2, 0) is 0 Å². The van der Waals surface area contributed by atoms with Gasteiger partial charge in [0, 0.05) is 5.75 Å². The van der Waals surface area contributed by atoms with Crippen LogP contribution in [0.25, 0.3) is 0 Å². The summed E-state index contributed by atoms with van der Waals surface area (Å²) in [4.78, 5) is 0. The number of para-hydroxylation sites is 1. The van der Waals surface area contributed by atoms with Gasteiger partial charge in [-0.3, -0.25) is 0 Å². The Morgan fingerprint density at radius 3 is 2.69 bits per heavy atom. The smallest absolute Gasteiger partial charge is 0.473 e. The fourth-order valence-electron chi connectivity index (χ4n) is 0.870. The van der Waals surface area contributed by atoms with E-state index in [1.807, 2.05) is 41.8 Å². The molecule has 0 fully saturated rings. The van der Waals surface area contributed by atoms with Crippen molar-refractivity contribution in [2.75, 3.05) is 0 Å². The maximum absolute atomic E-state index is 5.48. The number of thiophene rings is 1. The predicted octanol–water partition coefficient (Wildman–Crippen LogP) is 0.345. The summed E-state index contributed by atoms with van der Waals surface area (Å²) in [7, 11) is 0. The molecule has 1 aromatic carbocycles. The Morgan fingerprint density at radius 2 is 2.08 bits per heavy atom. The third-order valence-corrected chi connectivity index (χ3v) is 2.13. The van der Waals surface area contributed by atoms with Crippen molar-refractivity contribution in [1.82, 2.24) is 0 Å². The van der Waals surface area contributed by atoms with Gasteiger partial charge in [0.05, 0.1) is 0 Å². The summed E-state index contributed by atoms with van der Waals surface area (Å²) in [6.45, 7) is 0. The van der Waals surface area contributed by atoms with Gasteiger partial charge >= 0.3 is 18.9 Å². The van der Waals surface area contributed by atoms with E-state index in [2.05, 4.69) is 6.07 Å². The van der Waals surface area contributed by atoms with Crippen LogP contribution in [0.4, 0.5) is 0 Å². The quantitative estimate of drug-likeness (QED) is 0.481. The van der Waals surface area contributed by atoms with Gasteiger partial charge in [-0.2, -0.15) is 18.2 Å². The SMILES string of the molecule is [Li+].[c-]1ccccc1Oc1cccs1. The number of benzene rings is 1. The van der Waals surface area contributed by atoms with Gasteiger partial charge in [0.1, 0.15) is 0 Å². The fourth-order valence-corrected chi connectivity index (χ4v) is 1.46. The molecule has 1 heterocycles. The summed E-state index contributed by atoms with van der Waals surface area (Å²) >= 11 is 1.58. The number of ether oxygens (including phenoxy) is 1. The van der Waals surface area contributed by atoms with Crippen LogP contribution in [-0.4, -0.2) is 0 Å². The average Bonchev–Trinajstić information content (AvgIpc) is 2.59. The minimum absolute atomic E-state index is 0. The first-order valence-electron chi connectivity index (χ1n) is 3.63. The summed E-state index contributed by atoms with van der Waals surface area (Å²) in [5.41, 5.74) is 0. The van der Waals surface area contributed by atoms with Crippen molar-refractivity contribution in [2.24, 2.45) is 0 Å². The molecule has 0 atom stereocenters. The summed E-state index contributed by atoms with van der Waals surface area (Å²) < 4.78 is 5.48. The van der Waals surface area contributed by atoms with E-state index in [1.165, 1.54) is 0 Å². The van der Waals surface area contributed by atoms with E-state index in [0.29, 0.717) is 0 Å². The maximum atomic E-state index is 5.48. The molecule has 0 saturated heterocycles. The molecule has 0 spiro atoms. The summed E-state index contributed by atoms with van der Waals surface area (Å²) in [5.74, 6) is 0.764. The molecule has 0 saturated carbocycles. The van der Waals surface area contributed by atoms with Gasteiger partial charge in [0.15, 0.2) is 5.06 Å². The zero-order valence-electron chi connectivity index (χ0n) is 7.36. The van der Waals surface area contributed by atoms with Crippen molar-refractivity contribution in [3.63, 3.8) is 0 Å². The number of hydrogen-bond donors (Lipinski definition) is 0. The molecule has 0 aliphatic heterocycles. The molecule has 0 unspecified atom stereocenters. The Morgan fingerprint density at radius 1 is 1.15 bits per heavy atom. The number of rotatable bonds is 2. The molecular formula is C10H7LiOS. The Bertz CT molecular complexity index is 331. The number of hydrogen-bond acceptors (Lipinski definition) is 2. The van der Waals surface area contributed by atoms with E-state index in [0.717, 1.165) is 10.8 Å². The average molecular weight is 182 g/mol. The molecule has 1 aromatic heterocycles. The van der Waals surface area contributed by atoms with Crippen LogP contribution < -0.4 is 23.6 Å². The van der Waals surface area contributed by atoms with E-state index in [9.17, 15) is 0 Å². The second-order valence-electron chi connectivity index (χ2n) is 2.26. The van der Waals surface area contributed by atoms with Crippen LogP contribution in [0.3, 0.4) is 0 Å². The van der Waals surface area contributed by atoms with Crippen molar-refractivity contribution in [1.29, 1.82) is 0 Å². The van der Waals surface area contributed by atoms with Crippen LogP contribution in [0, 0.1) is 6.07 Å². The van der Waals surface area contributed by atoms with Crippen molar-refractivity contribution in [3.8, 4) is 10.8 Å². The Kier molecular flexibility index (Phi) is 4.11. The monoisotopic (exact) mass is 182 g/mol. The molecule has 60 valence electrons. The van der Waals surface area contributed by atoms with E-state index in [4.69, 9.17) is 4.74 Å². The second-order valence-corrected chi connectivity index (χ2v) is 3.17. The minimum atomic E-state index is 0. The van der Waals surface area contributed by atoms with Gasteiger partial charge in [-0.15, -0.1) is 23.5 Å². The van der Waals surface area contributed by atoms with Gasteiger partial charge in [0.25, 0.3) is 0 Å². The molecule has 0 N–H and O–H groups in total.